The highest BCUT2D eigenvalue weighted by molar-refractivity contribution is 7.99. The van der Waals surface area contributed by atoms with Gasteiger partial charge in [-0.25, -0.2) is 18.2 Å². The van der Waals surface area contributed by atoms with Gasteiger partial charge in [0, 0.05) is 31.6 Å². The minimum atomic E-state index is -3.00. The minimum Gasteiger partial charge on any atom is -0.337 e. The van der Waals surface area contributed by atoms with Crippen LogP contribution in [0.3, 0.4) is 0 Å². The minimum absolute atomic E-state index is 0.0399. The highest BCUT2D eigenvalue weighted by Gasteiger charge is 2.25. The molecule has 0 aromatic carbocycles. The van der Waals surface area contributed by atoms with Crippen molar-refractivity contribution < 1.29 is 13.2 Å². The lowest BCUT2D eigenvalue weighted by molar-refractivity contribution is 0.171. The van der Waals surface area contributed by atoms with Gasteiger partial charge in [-0.15, -0.1) is 0 Å². The third kappa shape index (κ3) is 5.84. The van der Waals surface area contributed by atoms with Crippen LogP contribution in [-0.2, 0) is 9.84 Å². The number of sulfone groups is 1. The molecule has 1 saturated heterocycles. The first-order valence-electron chi connectivity index (χ1n) is 7.13. The van der Waals surface area contributed by atoms with Crippen molar-refractivity contribution in [3.8, 4) is 0 Å². The summed E-state index contributed by atoms with van der Waals surface area (Å²) in [7, 11) is -3.00. The molecule has 1 aliphatic rings. The molecule has 0 bridgehead atoms. The molecule has 1 aromatic rings. The molecule has 2 amide bonds. The van der Waals surface area contributed by atoms with E-state index in [0.717, 1.165) is 18.0 Å². The van der Waals surface area contributed by atoms with Crippen LogP contribution in [0.4, 0.5) is 4.79 Å². The van der Waals surface area contributed by atoms with E-state index in [2.05, 4.69) is 20.5 Å². The lowest BCUT2D eigenvalue weighted by atomic mass is 10.0. The summed E-state index contributed by atoms with van der Waals surface area (Å²) in [5, 5.41) is 10.1. The molecule has 10 heteroatoms. The van der Waals surface area contributed by atoms with Gasteiger partial charge >= 0.3 is 6.03 Å². The molecule has 1 unspecified atom stereocenters. The number of piperidine rings is 1. The van der Waals surface area contributed by atoms with E-state index in [1.165, 1.54) is 24.3 Å². The van der Waals surface area contributed by atoms with Gasteiger partial charge in [-0.3, -0.25) is 5.10 Å². The summed E-state index contributed by atoms with van der Waals surface area (Å²) in [6.07, 6.45) is 4.39. The molecule has 2 heterocycles. The first-order chi connectivity index (χ1) is 10.4. The van der Waals surface area contributed by atoms with Crippen molar-refractivity contribution >= 4 is 27.6 Å². The highest BCUT2D eigenvalue weighted by Crippen LogP contribution is 2.18. The van der Waals surface area contributed by atoms with E-state index >= 15 is 0 Å². The summed E-state index contributed by atoms with van der Waals surface area (Å²) < 4.78 is 22.7. The van der Waals surface area contributed by atoms with E-state index in [1.807, 2.05) is 0 Å². The number of nitrogens with zero attached hydrogens (tertiary/aromatic N) is 3. The number of H-pyrrole nitrogens is 1. The Balaban J connectivity index is 1.70. The molecule has 2 N–H and O–H groups in total. The van der Waals surface area contributed by atoms with Crippen LogP contribution in [0.2, 0.25) is 0 Å². The smallest absolute Gasteiger partial charge is 0.317 e. The fourth-order valence-electron chi connectivity index (χ4n) is 2.49. The quantitative estimate of drug-likeness (QED) is 0.568. The number of hydrogen-bond donors (Lipinski definition) is 2. The molecule has 2 rings (SSSR count). The number of rotatable bonds is 6. The zero-order valence-corrected chi connectivity index (χ0v) is 14.1. The molecule has 1 aliphatic heterocycles. The van der Waals surface area contributed by atoms with Gasteiger partial charge in [0.15, 0.2) is 5.16 Å². The molecular formula is C12H21N5O3S2. The lowest BCUT2D eigenvalue weighted by Gasteiger charge is -2.32. The Bertz CT molecular complexity index is 576. The van der Waals surface area contributed by atoms with Crippen LogP contribution in [-0.4, -0.2) is 71.9 Å². The standard InChI is InChI=1S/C12H21N5O3S2/c1-22(19,20)8-10-3-2-5-17(7-10)12(18)13-4-6-21-11-14-9-15-16-11/h9-10H,2-8H2,1H3,(H,13,18)(H,14,15,16). The normalized spacial score (nSPS) is 19.1. The molecule has 0 spiro atoms. The fourth-order valence-corrected chi connectivity index (χ4v) is 4.26. The maximum absolute atomic E-state index is 12.1. The Morgan fingerprint density at radius 2 is 2.41 bits per heavy atom. The molecule has 1 aromatic heterocycles. The first kappa shape index (κ1) is 17.1. The molecular weight excluding hydrogens is 326 g/mol. The van der Waals surface area contributed by atoms with E-state index in [9.17, 15) is 13.2 Å². The van der Waals surface area contributed by atoms with Crippen LogP contribution in [0, 0.1) is 5.92 Å². The number of thioether (sulfide) groups is 1. The molecule has 1 atom stereocenters. The zero-order valence-electron chi connectivity index (χ0n) is 12.5. The van der Waals surface area contributed by atoms with Crippen molar-refractivity contribution in [3.63, 3.8) is 0 Å². The summed E-state index contributed by atoms with van der Waals surface area (Å²) in [6, 6.07) is -0.128. The van der Waals surface area contributed by atoms with Gasteiger partial charge in [-0.1, -0.05) is 11.8 Å². The predicted molar refractivity (Wildman–Crippen MR) is 84.5 cm³/mol. The second kappa shape index (κ2) is 7.82. The van der Waals surface area contributed by atoms with Gasteiger partial charge in [-0.2, -0.15) is 5.10 Å². The van der Waals surface area contributed by atoms with E-state index in [-0.39, 0.29) is 17.7 Å². The fraction of sp³-hybridized carbons (Fsp3) is 0.750. The van der Waals surface area contributed by atoms with Crippen molar-refractivity contribution in [1.29, 1.82) is 0 Å². The van der Waals surface area contributed by atoms with Crippen LogP contribution < -0.4 is 5.32 Å². The average Bonchev–Trinajstić information content (AvgIpc) is 2.95. The zero-order chi connectivity index (χ0) is 16.0. The monoisotopic (exact) mass is 347 g/mol. The molecule has 1 fully saturated rings. The Labute approximate surface area is 134 Å². The number of amides is 2. The topological polar surface area (TPSA) is 108 Å². The number of likely N-dealkylation sites (tertiary alicyclic amines) is 1. The van der Waals surface area contributed by atoms with Gasteiger partial charge in [0.05, 0.1) is 5.75 Å². The van der Waals surface area contributed by atoms with E-state index < -0.39 is 9.84 Å². The average molecular weight is 347 g/mol. The third-order valence-corrected chi connectivity index (χ3v) is 5.31. The van der Waals surface area contributed by atoms with Gasteiger partial charge in [-0.05, 0) is 18.8 Å². The number of urea groups is 1. The van der Waals surface area contributed by atoms with Crippen LogP contribution in [0.5, 0.6) is 0 Å². The molecule has 0 aliphatic carbocycles. The van der Waals surface area contributed by atoms with Crippen LogP contribution in [0.1, 0.15) is 12.8 Å². The maximum Gasteiger partial charge on any atom is 0.317 e. The molecule has 0 saturated carbocycles. The number of aromatic nitrogens is 3. The summed E-state index contributed by atoms with van der Waals surface area (Å²) in [5.74, 6) is 0.887. The summed E-state index contributed by atoms with van der Waals surface area (Å²) in [6.45, 7) is 1.72. The van der Waals surface area contributed by atoms with Crippen molar-refractivity contribution in [2.75, 3.05) is 37.4 Å². The van der Waals surface area contributed by atoms with Crippen LogP contribution in [0.15, 0.2) is 11.5 Å². The Morgan fingerprint density at radius 3 is 3.09 bits per heavy atom. The number of hydrogen-bond acceptors (Lipinski definition) is 6. The van der Waals surface area contributed by atoms with Crippen LogP contribution >= 0.6 is 11.8 Å². The van der Waals surface area contributed by atoms with Gasteiger partial charge < -0.3 is 10.2 Å². The van der Waals surface area contributed by atoms with E-state index in [4.69, 9.17) is 0 Å². The molecule has 8 nitrogen and oxygen atoms in total. The predicted octanol–water partition coefficient (Wildman–Crippen LogP) is 0.363. The number of carbonyl (C=O) groups excluding carboxylic acids is 1. The summed E-state index contributed by atoms with van der Waals surface area (Å²) in [4.78, 5) is 17.8. The van der Waals surface area contributed by atoms with Crippen LogP contribution in [0.25, 0.3) is 0 Å². The van der Waals surface area contributed by atoms with Crippen molar-refractivity contribution in [2.24, 2.45) is 5.92 Å². The Kier molecular flexibility index (Phi) is 6.07. The Hall–Kier alpha value is -1.29. The second-order valence-corrected chi connectivity index (χ2v) is 8.69. The van der Waals surface area contributed by atoms with Crippen molar-refractivity contribution in [1.82, 2.24) is 25.4 Å². The first-order valence-corrected chi connectivity index (χ1v) is 10.2. The summed E-state index contributed by atoms with van der Waals surface area (Å²) in [5.41, 5.74) is 0. The molecule has 22 heavy (non-hydrogen) atoms. The van der Waals surface area contributed by atoms with Gasteiger partial charge in [0.1, 0.15) is 16.2 Å². The highest BCUT2D eigenvalue weighted by atomic mass is 32.2. The van der Waals surface area contributed by atoms with E-state index in [1.54, 1.807) is 4.90 Å². The maximum atomic E-state index is 12.1. The molecule has 0 radical (unpaired) electrons. The SMILES string of the molecule is CS(=O)(=O)CC1CCCN(C(=O)NCCSc2ncn[nH]2)C1. The Morgan fingerprint density at radius 1 is 1.59 bits per heavy atom. The van der Waals surface area contributed by atoms with Crippen molar-refractivity contribution in [3.05, 3.63) is 6.33 Å². The number of carbonyl (C=O) groups is 1. The van der Waals surface area contributed by atoms with Gasteiger partial charge in [0.2, 0.25) is 0 Å². The third-order valence-electron chi connectivity index (χ3n) is 3.35. The van der Waals surface area contributed by atoms with E-state index in [0.29, 0.717) is 25.4 Å². The second-order valence-electron chi connectivity index (χ2n) is 5.42. The lowest BCUT2D eigenvalue weighted by Crippen LogP contribution is -2.47. The number of nitrogens with one attached hydrogen (secondary N) is 2. The number of aromatic amines is 1. The molecule has 124 valence electrons. The van der Waals surface area contributed by atoms with Gasteiger partial charge in [0.25, 0.3) is 0 Å². The van der Waals surface area contributed by atoms with Crippen molar-refractivity contribution in [2.45, 2.75) is 18.0 Å². The largest absolute Gasteiger partial charge is 0.337 e. The summed E-state index contributed by atoms with van der Waals surface area (Å²) >= 11 is 1.48.